The Labute approximate surface area is 212 Å². The van der Waals surface area contributed by atoms with Gasteiger partial charge in [0.1, 0.15) is 30.0 Å². The number of methoxy groups -OCH3 is 1. The zero-order valence-corrected chi connectivity index (χ0v) is 21.9. The number of nitrogens with zero attached hydrogens (tertiary/aromatic N) is 1. The Bertz CT molecular complexity index is 856. The number of nitrogens with one attached hydrogen (secondary N) is 2. The smallest absolute Gasteiger partial charge is 0.408 e. The molecule has 10 nitrogen and oxygen atoms in total. The summed E-state index contributed by atoms with van der Waals surface area (Å²) in [5.41, 5.74) is -0.345. The van der Waals surface area contributed by atoms with E-state index >= 15 is 0 Å². The van der Waals surface area contributed by atoms with Crippen molar-refractivity contribution in [3.63, 3.8) is 0 Å². The van der Waals surface area contributed by atoms with Crippen molar-refractivity contribution in [2.24, 2.45) is 0 Å². The lowest BCUT2D eigenvalue weighted by atomic mass is 10.0. The molecule has 196 valence electrons. The highest BCUT2D eigenvalue weighted by atomic mass is 32.1. The van der Waals surface area contributed by atoms with E-state index in [0.29, 0.717) is 12.0 Å². The maximum absolute atomic E-state index is 13.6. The highest BCUT2D eigenvalue weighted by molar-refractivity contribution is 7.80. The molecule has 0 bridgehead atoms. The largest absolute Gasteiger partial charge is 0.508 e. The maximum Gasteiger partial charge on any atom is 0.408 e. The van der Waals surface area contributed by atoms with E-state index < -0.39 is 41.6 Å². The number of amides is 3. The van der Waals surface area contributed by atoms with E-state index in [1.165, 1.54) is 36.3 Å². The average molecular weight is 512 g/mol. The van der Waals surface area contributed by atoms with Gasteiger partial charge in [0.15, 0.2) is 0 Å². The molecule has 35 heavy (non-hydrogen) atoms. The molecule has 0 aromatic heterocycles. The molecule has 0 spiro atoms. The Balaban J connectivity index is 3.34. The van der Waals surface area contributed by atoms with Gasteiger partial charge < -0.3 is 30.1 Å². The number of aromatic hydroxyl groups is 1. The molecule has 0 aliphatic carbocycles. The number of rotatable bonds is 12. The zero-order valence-electron chi connectivity index (χ0n) is 21.0. The monoisotopic (exact) mass is 511 g/mol. The standard InChI is InChI=1S/C24H37N3O7S/c1-6-7-8-13-27(22(31)18(15-35)26-23(32)34-24(2,3)4)20(16-9-11-17(28)12-10-16)21(30)25-14-19(29)33-5/h9-12,18,20,28,35H,6-8,13-15H2,1-5H3,(H,25,30)(H,26,32). The molecule has 11 heteroatoms. The summed E-state index contributed by atoms with van der Waals surface area (Å²) in [5.74, 6) is -1.83. The van der Waals surface area contributed by atoms with Crippen LogP contribution < -0.4 is 10.6 Å². The number of phenols is 1. The third-order valence-electron chi connectivity index (χ3n) is 4.86. The van der Waals surface area contributed by atoms with Gasteiger partial charge in [0, 0.05) is 12.3 Å². The number of hydrogen-bond acceptors (Lipinski definition) is 8. The molecular weight excluding hydrogens is 474 g/mol. The molecule has 1 aromatic carbocycles. The van der Waals surface area contributed by atoms with Crippen LogP contribution in [-0.2, 0) is 23.9 Å². The first-order chi connectivity index (χ1) is 16.4. The van der Waals surface area contributed by atoms with E-state index in [-0.39, 0.29) is 24.6 Å². The number of esters is 1. The summed E-state index contributed by atoms with van der Waals surface area (Å²) in [6.45, 7) is 6.94. The molecule has 1 aromatic rings. The molecule has 0 aliphatic heterocycles. The van der Waals surface area contributed by atoms with Crippen LogP contribution in [0.25, 0.3) is 0 Å². The van der Waals surface area contributed by atoms with E-state index in [9.17, 15) is 24.3 Å². The molecular formula is C24H37N3O7S. The van der Waals surface area contributed by atoms with Gasteiger partial charge in [0.25, 0.3) is 0 Å². The lowest BCUT2D eigenvalue weighted by Crippen LogP contribution is -2.54. The highest BCUT2D eigenvalue weighted by Gasteiger charge is 2.35. The van der Waals surface area contributed by atoms with Crippen molar-refractivity contribution in [3.05, 3.63) is 29.8 Å². The van der Waals surface area contributed by atoms with Gasteiger partial charge in [-0.05, 0) is 44.9 Å². The van der Waals surface area contributed by atoms with Crippen molar-refractivity contribution < 1.29 is 33.8 Å². The number of benzene rings is 1. The fourth-order valence-corrected chi connectivity index (χ4v) is 3.44. The molecule has 0 fully saturated rings. The van der Waals surface area contributed by atoms with Gasteiger partial charge in [-0.25, -0.2) is 4.79 Å². The molecule has 2 unspecified atom stereocenters. The first kappa shape index (κ1) is 30.1. The van der Waals surface area contributed by atoms with Crippen molar-refractivity contribution in [1.29, 1.82) is 0 Å². The number of phenolic OH excluding ortho intramolecular Hbond substituents is 1. The molecule has 0 saturated carbocycles. The second kappa shape index (κ2) is 14.4. The van der Waals surface area contributed by atoms with Crippen LogP contribution >= 0.6 is 12.6 Å². The first-order valence-corrected chi connectivity index (χ1v) is 12.1. The number of thiol groups is 1. The number of hydrogen-bond donors (Lipinski definition) is 4. The minimum absolute atomic E-state index is 0.00819. The van der Waals surface area contributed by atoms with Crippen LogP contribution in [0.1, 0.15) is 58.6 Å². The zero-order chi connectivity index (χ0) is 26.6. The van der Waals surface area contributed by atoms with Crippen molar-refractivity contribution in [3.8, 4) is 5.75 Å². The minimum Gasteiger partial charge on any atom is -0.508 e. The molecule has 2 atom stereocenters. The van der Waals surface area contributed by atoms with E-state index in [4.69, 9.17) is 4.74 Å². The van der Waals surface area contributed by atoms with Crippen molar-refractivity contribution in [1.82, 2.24) is 15.5 Å². The van der Waals surface area contributed by atoms with E-state index in [1.807, 2.05) is 6.92 Å². The van der Waals surface area contributed by atoms with Gasteiger partial charge in [0.2, 0.25) is 11.8 Å². The Kier molecular flexibility index (Phi) is 12.4. The summed E-state index contributed by atoms with van der Waals surface area (Å²) < 4.78 is 9.86. The van der Waals surface area contributed by atoms with Gasteiger partial charge in [-0.1, -0.05) is 31.9 Å². The Morgan fingerprint density at radius 1 is 1.11 bits per heavy atom. The third kappa shape index (κ3) is 10.5. The molecule has 3 N–H and O–H groups in total. The van der Waals surface area contributed by atoms with Gasteiger partial charge >= 0.3 is 12.1 Å². The average Bonchev–Trinajstić information content (AvgIpc) is 2.79. The van der Waals surface area contributed by atoms with Crippen LogP contribution in [-0.4, -0.2) is 71.5 Å². The van der Waals surface area contributed by atoms with Crippen LogP contribution in [0.2, 0.25) is 0 Å². The first-order valence-electron chi connectivity index (χ1n) is 11.5. The van der Waals surface area contributed by atoms with E-state index in [2.05, 4.69) is 28.0 Å². The lowest BCUT2D eigenvalue weighted by molar-refractivity contribution is -0.144. The quantitative estimate of drug-likeness (QED) is 0.192. The molecule has 0 heterocycles. The van der Waals surface area contributed by atoms with Crippen molar-refractivity contribution >= 4 is 36.5 Å². The van der Waals surface area contributed by atoms with Crippen LogP contribution in [0.5, 0.6) is 5.75 Å². The topological polar surface area (TPSA) is 134 Å². The second-order valence-electron chi connectivity index (χ2n) is 8.91. The minimum atomic E-state index is -1.13. The predicted octanol–water partition coefficient (Wildman–Crippen LogP) is 2.56. The SMILES string of the molecule is CCCCCN(C(=O)C(CS)NC(=O)OC(C)(C)C)C(C(=O)NCC(=O)OC)c1ccc(O)cc1. The molecule has 1 rings (SSSR count). The fraction of sp³-hybridized carbons (Fsp3) is 0.583. The second-order valence-corrected chi connectivity index (χ2v) is 9.27. The molecule has 0 aliphatic rings. The fourth-order valence-electron chi connectivity index (χ4n) is 3.19. The Morgan fingerprint density at radius 3 is 2.26 bits per heavy atom. The van der Waals surface area contributed by atoms with Crippen LogP contribution in [0, 0.1) is 0 Å². The van der Waals surface area contributed by atoms with Crippen LogP contribution in [0.15, 0.2) is 24.3 Å². The van der Waals surface area contributed by atoms with Crippen molar-refractivity contribution in [2.75, 3.05) is 26.0 Å². The third-order valence-corrected chi connectivity index (χ3v) is 5.23. The maximum atomic E-state index is 13.6. The summed E-state index contributed by atoms with van der Waals surface area (Å²) in [7, 11) is 1.20. The molecule has 3 amide bonds. The highest BCUT2D eigenvalue weighted by Crippen LogP contribution is 2.25. The van der Waals surface area contributed by atoms with Gasteiger partial charge in [-0.2, -0.15) is 12.6 Å². The predicted molar refractivity (Wildman–Crippen MR) is 134 cm³/mol. The van der Waals surface area contributed by atoms with Crippen LogP contribution in [0.3, 0.4) is 0 Å². The number of unbranched alkanes of at least 4 members (excludes halogenated alkanes) is 2. The summed E-state index contributed by atoms with van der Waals surface area (Å²) >= 11 is 4.23. The number of carbonyl (C=O) groups is 4. The number of carbonyl (C=O) groups excluding carboxylic acids is 4. The van der Waals surface area contributed by atoms with E-state index in [0.717, 1.165) is 12.8 Å². The van der Waals surface area contributed by atoms with E-state index in [1.54, 1.807) is 20.8 Å². The summed E-state index contributed by atoms with van der Waals surface area (Å²) in [6, 6.07) is 3.65. The van der Waals surface area contributed by atoms with Gasteiger partial charge in [-0.3, -0.25) is 14.4 Å². The van der Waals surface area contributed by atoms with Crippen molar-refractivity contribution in [2.45, 2.75) is 64.6 Å². The number of ether oxygens (including phenoxy) is 2. The molecule has 0 radical (unpaired) electrons. The normalized spacial score (nSPS) is 12.7. The lowest BCUT2D eigenvalue weighted by Gasteiger charge is -2.34. The summed E-state index contributed by atoms with van der Waals surface area (Å²) in [4.78, 5) is 52.2. The van der Waals surface area contributed by atoms with Gasteiger partial charge in [-0.15, -0.1) is 0 Å². The Hall–Kier alpha value is -2.95. The summed E-state index contributed by atoms with van der Waals surface area (Å²) in [5, 5.41) is 14.7. The number of alkyl carbamates (subject to hydrolysis) is 1. The summed E-state index contributed by atoms with van der Waals surface area (Å²) in [6.07, 6.45) is 1.51. The molecule has 0 saturated heterocycles. The van der Waals surface area contributed by atoms with Crippen LogP contribution in [0.4, 0.5) is 4.79 Å². The Morgan fingerprint density at radius 2 is 1.74 bits per heavy atom. The van der Waals surface area contributed by atoms with Gasteiger partial charge in [0.05, 0.1) is 7.11 Å².